The van der Waals surface area contributed by atoms with Crippen molar-refractivity contribution in [1.82, 2.24) is 4.90 Å². The Kier molecular flexibility index (Phi) is 7.57. The first-order valence-electron chi connectivity index (χ1n) is 10.4. The topological polar surface area (TPSA) is 61.9 Å². The third-order valence-corrected chi connectivity index (χ3v) is 5.38. The molecule has 160 valence electrons. The van der Waals surface area contributed by atoms with Gasteiger partial charge in [-0.1, -0.05) is 18.5 Å². The fraction of sp³-hybridized carbons (Fsp3) is 0.391. The van der Waals surface area contributed by atoms with Crippen molar-refractivity contribution in [2.45, 2.75) is 26.7 Å². The number of piperazine rings is 1. The minimum atomic E-state index is -0.226. The second kappa shape index (κ2) is 10.3. The quantitative estimate of drug-likeness (QED) is 0.706. The summed E-state index contributed by atoms with van der Waals surface area (Å²) < 4.78 is 5.40. The fourth-order valence-corrected chi connectivity index (χ4v) is 3.69. The summed E-state index contributed by atoms with van der Waals surface area (Å²) in [6.45, 7) is 7.54. The van der Waals surface area contributed by atoms with Crippen LogP contribution in [-0.2, 0) is 4.79 Å². The zero-order valence-corrected chi connectivity index (χ0v) is 18.2. The van der Waals surface area contributed by atoms with Crippen LogP contribution in [0.3, 0.4) is 0 Å². The number of amides is 2. The van der Waals surface area contributed by atoms with Gasteiger partial charge in [0.2, 0.25) is 5.91 Å². The molecule has 0 saturated carbocycles. The van der Waals surface area contributed by atoms with Gasteiger partial charge in [0.1, 0.15) is 5.75 Å². The molecule has 1 fully saturated rings. The number of benzene rings is 2. The van der Waals surface area contributed by atoms with E-state index >= 15 is 0 Å². The van der Waals surface area contributed by atoms with Crippen molar-refractivity contribution < 1.29 is 14.3 Å². The molecule has 0 aromatic heterocycles. The molecule has 1 aliphatic heterocycles. The minimum absolute atomic E-state index is 0.226. The fourth-order valence-electron chi connectivity index (χ4n) is 3.46. The summed E-state index contributed by atoms with van der Waals surface area (Å²) in [7, 11) is 0. The Labute approximate surface area is 182 Å². The van der Waals surface area contributed by atoms with Gasteiger partial charge in [-0.3, -0.25) is 9.59 Å². The number of hydrogen-bond donors (Lipinski definition) is 1. The van der Waals surface area contributed by atoms with Crippen molar-refractivity contribution in [3.05, 3.63) is 53.1 Å². The van der Waals surface area contributed by atoms with E-state index in [0.717, 1.165) is 38.3 Å². The summed E-state index contributed by atoms with van der Waals surface area (Å²) >= 11 is 6.17. The first-order chi connectivity index (χ1) is 14.5. The van der Waals surface area contributed by atoms with Crippen LogP contribution in [0.2, 0.25) is 5.02 Å². The molecule has 30 heavy (non-hydrogen) atoms. The van der Waals surface area contributed by atoms with Crippen molar-refractivity contribution in [3.8, 4) is 5.75 Å². The van der Waals surface area contributed by atoms with Gasteiger partial charge in [0.25, 0.3) is 5.91 Å². The van der Waals surface area contributed by atoms with Crippen molar-refractivity contribution >= 4 is 34.8 Å². The maximum absolute atomic E-state index is 12.5. The Bertz CT molecular complexity index is 878. The highest BCUT2D eigenvalue weighted by Crippen LogP contribution is 2.26. The van der Waals surface area contributed by atoms with Gasteiger partial charge in [-0.2, -0.15) is 0 Å². The van der Waals surface area contributed by atoms with Crippen LogP contribution in [0, 0.1) is 0 Å². The first-order valence-corrected chi connectivity index (χ1v) is 10.8. The summed E-state index contributed by atoms with van der Waals surface area (Å²) in [5.74, 6) is 0.580. The molecule has 2 aromatic carbocycles. The number of nitrogens with one attached hydrogen (secondary N) is 1. The molecular formula is C23H28ClN3O3. The van der Waals surface area contributed by atoms with Crippen molar-refractivity contribution in [2.24, 2.45) is 0 Å². The van der Waals surface area contributed by atoms with Crippen LogP contribution in [-0.4, -0.2) is 49.5 Å². The van der Waals surface area contributed by atoms with E-state index < -0.39 is 0 Å². The van der Waals surface area contributed by atoms with Crippen molar-refractivity contribution in [1.29, 1.82) is 0 Å². The van der Waals surface area contributed by atoms with Gasteiger partial charge < -0.3 is 19.9 Å². The second-order valence-electron chi connectivity index (χ2n) is 7.20. The Morgan fingerprint density at radius 3 is 2.33 bits per heavy atom. The molecule has 0 aliphatic carbocycles. The van der Waals surface area contributed by atoms with Gasteiger partial charge >= 0.3 is 0 Å². The standard InChI is InChI=1S/C23H28ClN3O3/c1-3-5-22(28)27-14-12-26(13-15-27)19-9-7-18(8-10-19)25-23(29)17-6-11-21(30-4-2)20(24)16-17/h6-11,16H,3-5,12-15H2,1-2H3,(H,25,29). The van der Waals surface area contributed by atoms with E-state index in [1.54, 1.807) is 18.2 Å². The molecule has 0 bridgehead atoms. The number of hydrogen-bond acceptors (Lipinski definition) is 4. The number of halogens is 1. The lowest BCUT2D eigenvalue weighted by atomic mass is 10.2. The van der Waals surface area contributed by atoms with Gasteiger partial charge in [0.05, 0.1) is 11.6 Å². The normalized spacial score (nSPS) is 13.8. The number of rotatable bonds is 7. The van der Waals surface area contributed by atoms with Crippen molar-refractivity contribution in [2.75, 3.05) is 43.0 Å². The lowest BCUT2D eigenvalue weighted by molar-refractivity contribution is -0.131. The molecule has 2 aromatic rings. The van der Waals surface area contributed by atoms with Crippen LogP contribution < -0.4 is 15.0 Å². The molecule has 0 spiro atoms. The lowest BCUT2D eigenvalue weighted by Crippen LogP contribution is -2.48. The maximum Gasteiger partial charge on any atom is 0.255 e. The Balaban J connectivity index is 1.56. The van der Waals surface area contributed by atoms with E-state index in [1.807, 2.05) is 43.0 Å². The molecule has 0 radical (unpaired) electrons. The number of carbonyl (C=O) groups excluding carboxylic acids is 2. The monoisotopic (exact) mass is 429 g/mol. The molecule has 6 nitrogen and oxygen atoms in total. The highest BCUT2D eigenvalue weighted by atomic mass is 35.5. The average Bonchev–Trinajstić information content (AvgIpc) is 2.76. The summed E-state index contributed by atoms with van der Waals surface area (Å²) in [5.41, 5.74) is 2.27. The number of nitrogens with zero attached hydrogens (tertiary/aromatic N) is 2. The first kappa shape index (κ1) is 22.0. The molecule has 3 rings (SSSR count). The van der Waals surface area contributed by atoms with Gasteiger partial charge in [0.15, 0.2) is 0 Å². The molecular weight excluding hydrogens is 402 g/mol. The zero-order chi connectivity index (χ0) is 21.5. The predicted molar refractivity (Wildman–Crippen MR) is 121 cm³/mol. The number of carbonyl (C=O) groups is 2. The molecule has 1 saturated heterocycles. The minimum Gasteiger partial charge on any atom is -0.492 e. The van der Waals surface area contributed by atoms with E-state index in [0.29, 0.717) is 35.1 Å². The van der Waals surface area contributed by atoms with Crippen LogP contribution in [0.1, 0.15) is 37.0 Å². The summed E-state index contributed by atoms with van der Waals surface area (Å²) in [4.78, 5) is 28.7. The van der Waals surface area contributed by atoms with Gasteiger partial charge in [-0.25, -0.2) is 0 Å². The van der Waals surface area contributed by atoms with Crippen molar-refractivity contribution in [3.63, 3.8) is 0 Å². The highest BCUT2D eigenvalue weighted by Gasteiger charge is 2.20. The Morgan fingerprint density at radius 1 is 1.03 bits per heavy atom. The number of anilines is 2. The Morgan fingerprint density at radius 2 is 1.73 bits per heavy atom. The molecule has 1 aliphatic rings. The van der Waals surface area contributed by atoms with Gasteiger partial charge in [-0.05, 0) is 55.8 Å². The third-order valence-electron chi connectivity index (χ3n) is 5.08. The smallest absolute Gasteiger partial charge is 0.255 e. The average molecular weight is 430 g/mol. The van der Waals surface area contributed by atoms with Gasteiger partial charge in [-0.15, -0.1) is 0 Å². The largest absolute Gasteiger partial charge is 0.492 e. The second-order valence-corrected chi connectivity index (χ2v) is 7.60. The molecule has 1 heterocycles. The molecule has 7 heteroatoms. The third kappa shape index (κ3) is 5.45. The summed E-state index contributed by atoms with van der Waals surface area (Å²) in [6, 6.07) is 12.8. The van der Waals surface area contributed by atoms with E-state index in [4.69, 9.17) is 16.3 Å². The summed E-state index contributed by atoms with van der Waals surface area (Å²) in [5, 5.41) is 3.31. The molecule has 0 atom stereocenters. The van der Waals surface area contributed by atoms with Gasteiger partial charge in [0, 0.05) is 49.5 Å². The van der Waals surface area contributed by atoms with Crippen LogP contribution in [0.4, 0.5) is 11.4 Å². The van der Waals surface area contributed by atoms with E-state index in [1.165, 1.54) is 0 Å². The van der Waals surface area contributed by atoms with Crippen LogP contribution >= 0.6 is 11.6 Å². The lowest BCUT2D eigenvalue weighted by Gasteiger charge is -2.36. The zero-order valence-electron chi connectivity index (χ0n) is 17.5. The Hall–Kier alpha value is -2.73. The SMILES string of the molecule is CCCC(=O)N1CCN(c2ccc(NC(=O)c3ccc(OCC)c(Cl)c3)cc2)CC1. The van der Waals surface area contributed by atoms with Crippen LogP contribution in [0.15, 0.2) is 42.5 Å². The van der Waals surface area contributed by atoms with Crippen LogP contribution in [0.5, 0.6) is 5.75 Å². The summed E-state index contributed by atoms with van der Waals surface area (Å²) in [6.07, 6.45) is 1.50. The highest BCUT2D eigenvalue weighted by molar-refractivity contribution is 6.32. The molecule has 1 N–H and O–H groups in total. The van der Waals surface area contributed by atoms with E-state index in [-0.39, 0.29) is 11.8 Å². The number of ether oxygens (including phenoxy) is 1. The van der Waals surface area contributed by atoms with Crippen LogP contribution in [0.25, 0.3) is 0 Å². The van der Waals surface area contributed by atoms with E-state index in [2.05, 4.69) is 10.2 Å². The maximum atomic E-state index is 12.5. The molecule has 2 amide bonds. The van der Waals surface area contributed by atoms with E-state index in [9.17, 15) is 9.59 Å². The predicted octanol–water partition coefficient (Wildman–Crippen LogP) is 4.44. The molecule has 0 unspecified atom stereocenters.